The summed E-state index contributed by atoms with van der Waals surface area (Å²) in [5.74, 6) is -0.306. The minimum atomic E-state index is -4.54. The summed E-state index contributed by atoms with van der Waals surface area (Å²) in [6.45, 7) is 8.18. The van der Waals surface area contributed by atoms with Crippen LogP contribution in [0.3, 0.4) is 0 Å². The zero-order valence-corrected chi connectivity index (χ0v) is 43.3. The zero-order valence-electron chi connectivity index (χ0n) is 43.3. The van der Waals surface area contributed by atoms with Crippen molar-refractivity contribution in [1.82, 2.24) is 0 Å². The SMILES string of the molecule is Cc1ccc(-c2ccc(N(C3=C4C=CC5=C6C(=CC=C(C=C3)C46)C(N(c3ccc(C(F)(F)F)cc3)c3ccc(-c4ccc(C)cc4)cc3-c3ccc(C)cc3)C=C5)c3ccc(C(F)(F)F)cc3)c(-c3ccc(C)cc3)c2)cc1. The van der Waals surface area contributed by atoms with Crippen molar-refractivity contribution in [2.24, 2.45) is 5.92 Å². The second-order valence-electron chi connectivity index (χ2n) is 20.6. The third-order valence-electron chi connectivity index (χ3n) is 15.4. The molecule has 0 aliphatic heterocycles. The first-order valence-corrected chi connectivity index (χ1v) is 26.0. The zero-order chi connectivity index (χ0) is 54.0. The molecule has 0 saturated carbocycles. The van der Waals surface area contributed by atoms with E-state index in [1.54, 1.807) is 24.3 Å². The van der Waals surface area contributed by atoms with Crippen molar-refractivity contribution < 1.29 is 26.3 Å². The molecular weight excluding hydrogens is 983 g/mol. The van der Waals surface area contributed by atoms with Gasteiger partial charge in [0, 0.05) is 34.1 Å². The smallest absolute Gasteiger partial charge is 0.330 e. The highest BCUT2D eigenvalue weighted by molar-refractivity contribution is 5.91. The third-order valence-corrected chi connectivity index (χ3v) is 15.4. The first kappa shape index (κ1) is 50.0. The van der Waals surface area contributed by atoms with Crippen molar-refractivity contribution in [3.8, 4) is 44.5 Å². The second kappa shape index (κ2) is 19.6. The molecule has 8 heteroatoms. The molecular formula is C70H52F6N2. The average molecular weight is 1040 g/mol. The van der Waals surface area contributed by atoms with E-state index in [0.717, 1.165) is 136 Å². The van der Waals surface area contributed by atoms with Gasteiger partial charge in [-0.15, -0.1) is 0 Å². The monoisotopic (exact) mass is 1030 g/mol. The predicted molar refractivity (Wildman–Crippen MR) is 306 cm³/mol. The topological polar surface area (TPSA) is 6.48 Å². The normalized spacial score (nSPS) is 16.5. The third kappa shape index (κ3) is 9.35. The van der Waals surface area contributed by atoms with Crippen LogP contribution >= 0.6 is 0 Å². The van der Waals surface area contributed by atoms with Crippen molar-refractivity contribution in [2.75, 3.05) is 9.80 Å². The number of rotatable bonds is 10. The maximum Gasteiger partial charge on any atom is 0.416 e. The standard InChI is InChI=1S/C70H52F6N2/c1-43-5-13-47(14-6-43)53-25-39-65(61(41-53)49-17-9-45(3)10-18-49)77(57-31-27-55(28-32-57)69(71,72)73)63-37-23-51-22-36-60-64(38-24-52-21-35-59(63)67(51)68(52)60)78(58-33-29-56(30-34-58)70(74,75)76)66-40-26-54(48-15-7-44(2)8-16-48)42-62(66)50-19-11-46(4)12-20-50/h5-42,63,68H,1-4H3. The van der Waals surface area contributed by atoms with Gasteiger partial charge in [-0.05, 0) is 168 Å². The van der Waals surface area contributed by atoms with Crippen molar-refractivity contribution in [2.45, 2.75) is 46.1 Å². The maximum atomic E-state index is 14.3. The molecule has 2 nitrogen and oxygen atoms in total. The number of aryl methyl sites for hydroxylation is 4. The quantitative estimate of drug-likeness (QED) is 0.126. The molecule has 0 spiro atoms. The second-order valence-corrected chi connectivity index (χ2v) is 20.6. The molecule has 78 heavy (non-hydrogen) atoms. The van der Waals surface area contributed by atoms with Gasteiger partial charge in [-0.2, -0.15) is 26.3 Å². The molecule has 0 heterocycles. The lowest BCUT2D eigenvalue weighted by Gasteiger charge is -2.44. The molecule has 2 atom stereocenters. The van der Waals surface area contributed by atoms with Gasteiger partial charge in [0.05, 0.1) is 28.6 Å². The van der Waals surface area contributed by atoms with Gasteiger partial charge in [-0.3, -0.25) is 0 Å². The Morgan fingerprint density at radius 1 is 0.397 bits per heavy atom. The van der Waals surface area contributed by atoms with Gasteiger partial charge >= 0.3 is 12.4 Å². The number of hydrogen-bond donors (Lipinski definition) is 0. The highest BCUT2D eigenvalue weighted by atomic mass is 19.4. The Hall–Kier alpha value is -8.88. The molecule has 0 bridgehead atoms. The molecule has 0 radical (unpaired) electrons. The van der Waals surface area contributed by atoms with Crippen LogP contribution in [0.5, 0.6) is 0 Å². The van der Waals surface area contributed by atoms with E-state index < -0.39 is 29.5 Å². The van der Waals surface area contributed by atoms with E-state index in [-0.39, 0.29) is 5.92 Å². The fourth-order valence-corrected chi connectivity index (χ4v) is 11.3. The number of nitrogens with zero attached hydrogens (tertiary/aromatic N) is 2. The van der Waals surface area contributed by atoms with Gasteiger partial charge in [0.2, 0.25) is 0 Å². The van der Waals surface area contributed by atoms with Gasteiger partial charge < -0.3 is 9.80 Å². The molecule has 384 valence electrons. The van der Waals surface area contributed by atoms with E-state index in [0.29, 0.717) is 11.4 Å². The first-order valence-electron chi connectivity index (χ1n) is 26.0. The van der Waals surface area contributed by atoms with E-state index >= 15 is 0 Å². The van der Waals surface area contributed by atoms with Crippen LogP contribution in [0.15, 0.2) is 264 Å². The van der Waals surface area contributed by atoms with Crippen LogP contribution < -0.4 is 9.80 Å². The largest absolute Gasteiger partial charge is 0.416 e. The van der Waals surface area contributed by atoms with Crippen LogP contribution in [-0.2, 0) is 12.4 Å². The molecule has 0 saturated heterocycles. The summed E-state index contributed by atoms with van der Waals surface area (Å²) >= 11 is 0. The summed E-state index contributed by atoms with van der Waals surface area (Å²) in [7, 11) is 0. The van der Waals surface area contributed by atoms with Gasteiger partial charge in [0.15, 0.2) is 0 Å². The Balaban J connectivity index is 1.03. The highest BCUT2D eigenvalue weighted by Crippen LogP contribution is 2.53. The van der Waals surface area contributed by atoms with Gasteiger partial charge in [0.25, 0.3) is 0 Å². The summed E-state index contributed by atoms with van der Waals surface area (Å²) in [6.07, 6.45) is 7.82. The molecule has 4 aliphatic carbocycles. The summed E-state index contributed by atoms with van der Waals surface area (Å²) in [5, 5.41) is 0. The molecule has 0 fully saturated rings. The van der Waals surface area contributed by atoms with Crippen LogP contribution in [0.4, 0.5) is 49.1 Å². The average Bonchev–Trinajstić information content (AvgIpc) is 3.55. The molecule has 2 unspecified atom stereocenters. The van der Waals surface area contributed by atoms with Crippen molar-refractivity contribution >= 4 is 22.7 Å². The van der Waals surface area contributed by atoms with Gasteiger partial charge in [-0.25, -0.2) is 0 Å². The summed E-state index contributed by atoms with van der Waals surface area (Å²) in [4.78, 5) is 4.23. The number of halogens is 6. The number of hydrogen-bond acceptors (Lipinski definition) is 2. The fourth-order valence-electron chi connectivity index (χ4n) is 11.3. The van der Waals surface area contributed by atoms with Crippen molar-refractivity contribution in [1.29, 1.82) is 0 Å². The Kier molecular flexibility index (Phi) is 12.6. The van der Waals surface area contributed by atoms with E-state index in [2.05, 4.69) is 206 Å². The van der Waals surface area contributed by atoms with Crippen LogP contribution in [0.2, 0.25) is 0 Å². The molecule has 8 aromatic carbocycles. The number of alkyl halides is 6. The van der Waals surface area contributed by atoms with Crippen LogP contribution in [-0.4, -0.2) is 6.04 Å². The summed E-state index contributed by atoms with van der Waals surface area (Å²) in [6, 6.07) is 56.2. The Morgan fingerprint density at radius 2 is 0.846 bits per heavy atom. The minimum absolute atomic E-state index is 0.306. The summed E-state index contributed by atoms with van der Waals surface area (Å²) < 4.78 is 85.8. The maximum absolute atomic E-state index is 14.3. The molecule has 0 N–H and O–H groups in total. The van der Waals surface area contributed by atoms with E-state index in [4.69, 9.17) is 0 Å². The Morgan fingerprint density at radius 3 is 1.35 bits per heavy atom. The number of anilines is 4. The van der Waals surface area contributed by atoms with Crippen LogP contribution in [0.25, 0.3) is 44.5 Å². The van der Waals surface area contributed by atoms with Crippen molar-refractivity contribution in [3.63, 3.8) is 0 Å². The molecule has 0 aromatic heterocycles. The molecule has 4 aliphatic rings. The Bertz CT molecular complexity index is 3860. The van der Waals surface area contributed by atoms with Gasteiger partial charge in [0.1, 0.15) is 0 Å². The lowest BCUT2D eigenvalue weighted by Crippen LogP contribution is -2.37. The fraction of sp³-hybridized carbons (Fsp3) is 0.114. The van der Waals surface area contributed by atoms with Crippen molar-refractivity contribution in [3.05, 3.63) is 298 Å². The molecule has 8 aromatic rings. The first-order chi connectivity index (χ1) is 37.6. The highest BCUT2D eigenvalue weighted by Gasteiger charge is 2.41. The predicted octanol–water partition coefficient (Wildman–Crippen LogP) is 19.7. The summed E-state index contributed by atoms with van der Waals surface area (Å²) in [5.41, 5.74) is 19.2. The minimum Gasteiger partial charge on any atom is -0.330 e. The molecule has 12 rings (SSSR count). The number of allylic oxidation sites excluding steroid dienone is 10. The van der Waals surface area contributed by atoms with E-state index in [1.807, 2.05) is 13.8 Å². The van der Waals surface area contributed by atoms with Gasteiger partial charge in [-0.1, -0.05) is 174 Å². The van der Waals surface area contributed by atoms with E-state index in [9.17, 15) is 26.3 Å². The lowest BCUT2D eigenvalue weighted by molar-refractivity contribution is -0.138. The van der Waals surface area contributed by atoms with Crippen LogP contribution in [0, 0.1) is 33.6 Å². The van der Waals surface area contributed by atoms with E-state index in [1.165, 1.54) is 0 Å². The Labute approximate surface area is 451 Å². The van der Waals surface area contributed by atoms with Crippen LogP contribution in [0.1, 0.15) is 33.4 Å². The lowest BCUT2D eigenvalue weighted by atomic mass is 9.67. The number of benzene rings is 8. The molecule has 0 amide bonds.